The van der Waals surface area contributed by atoms with Crippen LogP contribution in [0.2, 0.25) is 0 Å². The van der Waals surface area contributed by atoms with Crippen LogP contribution in [0.1, 0.15) is 32.4 Å². The number of carbonyl (C=O) groups is 1. The van der Waals surface area contributed by atoms with Crippen molar-refractivity contribution in [2.45, 2.75) is 38.5 Å². The van der Waals surface area contributed by atoms with Crippen molar-refractivity contribution in [3.63, 3.8) is 0 Å². The van der Waals surface area contributed by atoms with Crippen molar-refractivity contribution >= 4 is 28.7 Å². The van der Waals surface area contributed by atoms with E-state index in [1.54, 1.807) is 0 Å². The summed E-state index contributed by atoms with van der Waals surface area (Å²) in [6, 6.07) is 18.3. The fourth-order valence-electron chi connectivity index (χ4n) is 3.11. The first-order valence-corrected chi connectivity index (χ1v) is 10.0. The summed E-state index contributed by atoms with van der Waals surface area (Å²) < 4.78 is 2.16. The number of imidazole rings is 1. The van der Waals surface area contributed by atoms with E-state index in [-0.39, 0.29) is 11.9 Å². The molecule has 0 spiro atoms. The fraction of sp³-hybridized carbons (Fsp3) is 0.333. The first-order chi connectivity index (χ1) is 12.6. The number of hydrogen-bond acceptors (Lipinski definition) is 3. The molecule has 0 radical (unpaired) electrons. The normalized spacial score (nSPS) is 12.5. The summed E-state index contributed by atoms with van der Waals surface area (Å²) in [7, 11) is 0. The van der Waals surface area contributed by atoms with E-state index in [1.165, 1.54) is 11.8 Å². The van der Waals surface area contributed by atoms with Gasteiger partial charge in [-0.05, 0) is 30.5 Å². The van der Waals surface area contributed by atoms with Crippen LogP contribution in [0, 0.1) is 5.92 Å². The second kappa shape index (κ2) is 8.41. The van der Waals surface area contributed by atoms with Gasteiger partial charge in [0.05, 0.1) is 22.8 Å². The number of hydrogen-bond donors (Lipinski definition) is 1. The topological polar surface area (TPSA) is 46.9 Å². The lowest BCUT2D eigenvalue weighted by Crippen LogP contribution is -2.33. The van der Waals surface area contributed by atoms with E-state index >= 15 is 0 Å². The van der Waals surface area contributed by atoms with E-state index in [0.717, 1.165) is 28.3 Å². The number of rotatable bonds is 7. The Morgan fingerprint density at radius 3 is 2.50 bits per heavy atom. The minimum Gasteiger partial charge on any atom is -0.348 e. The van der Waals surface area contributed by atoms with Gasteiger partial charge >= 0.3 is 0 Å². The van der Waals surface area contributed by atoms with Gasteiger partial charge in [0.2, 0.25) is 5.91 Å². The van der Waals surface area contributed by atoms with Gasteiger partial charge in [0.1, 0.15) is 0 Å². The Hall–Kier alpha value is -2.27. The highest BCUT2D eigenvalue weighted by Gasteiger charge is 2.19. The minimum absolute atomic E-state index is 0.0225. The number of amides is 1. The second-order valence-electron chi connectivity index (χ2n) is 6.62. The van der Waals surface area contributed by atoms with Gasteiger partial charge in [0.15, 0.2) is 5.16 Å². The van der Waals surface area contributed by atoms with Crippen LogP contribution in [0.25, 0.3) is 11.0 Å². The maximum Gasteiger partial charge on any atom is 0.230 e. The molecule has 136 valence electrons. The molecule has 3 rings (SSSR count). The van der Waals surface area contributed by atoms with Crippen molar-refractivity contribution in [2.75, 3.05) is 5.75 Å². The molecule has 0 aliphatic heterocycles. The molecule has 26 heavy (non-hydrogen) atoms. The average molecular weight is 368 g/mol. The van der Waals surface area contributed by atoms with Gasteiger partial charge < -0.3 is 9.88 Å². The number of fused-ring (bicyclic) bond motifs is 1. The summed E-state index contributed by atoms with van der Waals surface area (Å²) in [6.45, 7) is 7.19. The molecule has 3 aromatic rings. The predicted molar refractivity (Wildman–Crippen MR) is 108 cm³/mol. The number of aromatic nitrogens is 2. The van der Waals surface area contributed by atoms with Crippen molar-refractivity contribution < 1.29 is 4.79 Å². The zero-order chi connectivity index (χ0) is 18.5. The number of nitrogens with one attached hydrogen (secondary N) is 1. The molecule has 0 fully saturated rings. The summed E-state index contributed by atoms with van der Waals surface area (Å²) in [4.78, 5) is 17.2. The summed E-state index contributed by atoms with van der Waals surface area (Å²) in [5.74, 6) is 0.721. The van der Waals surface area contributed by atoms with Crippen LogP contribution in [0.4, 0.5) is 0 Å². The van der Waals surface area contributed by atoms with Crippen molar-refractivity contribution in [1.82, 2.24) is 14.9 Å². The maximum absolute atomic E-state index is 12.6. The molecule has 0 saturated carbocycles. The van der Waals surface area contributed by atoms with E-state index in [4.69, 9.17) is 0 Å². The summed E-state index contributed by atoms with van der Waals surface area (Å²) in [5, 5.41) is 4.07. The largest absolute Gasteiger partial charge is 0.348 e. The standard InChI is InChI=1S/C21H25N3OS/c1-4-24-18-13-9-8-12-17(18)22-21(24)26-14-19(25)23-20(15(2)3)16-10-6-5-7-11-16/h5-13,15,20H,4,14H2,1-3H3,(H,23,25). The van der Waals surface area contributed by atoms with Crippen molar-refractivity contribution in [2.24, 2.45) is 5.92 Å². The Morgan fingerprint density at radius 2 is 1.81 bits per heavy atom. The van der Waals surface area contributed by atoms with E-state index in [2.05, 4.69) is 53.8 Å². The number of para-hydroxylation sites is 2. The molecular formula is C21H25N3OS. The molecule has 5 heteroatoms. The molecule has 0 aliphatic rings. The molecule has 1 heterocycles. The Balaban J connectivity index is 1.69. The van der Waals surface area contributed by atoms with Crippen molar-refractivity contribution in [1.29, 1.82) is 0 Å². The number of aryl methyl sites for hydroxylation is 1. The molecule has 1 N–H and O–H groups in total. The third-order valence-corrected chi connectivity index (χ3v) is 5.39. The third-order valence-electron chi connectivity index (χ3n) is 4.41. The molecule has 1 aromatic heterocycles. The smallest absolute Gasteiger partial charge is 0.230 e. The Labute approximate surface area is 159 Å². The van der Waals surface area contributed by atoms with Crippen molar-refractivity contribution in [3.8, 4) is 0 Å². The van der Waals surface area contributed by atoms with Crippen LogP contribution in [-0.2, 0) is 11.3 Å². The summed E-state index contributed by atoms with van der Waals surface area (Å²) in [6.07, 6.45) is 0. The quantitative estimate of drug-likeness (QED) is 0.618. The van der Waals surface area contributed by atoms with E-state index in [9.17, 15) is 4.79 Å². The zero-order valence-electron chi connectivity index (χ0n) is 15.5. The Bertz CT molecular complexity index is 873. The van der Waals surface area contributed by atoms with E-state index in [0.29, 0.717) is 11.7 Å². The van der Waals surface area contributed by atoms with Crippen molar-refractivity contribution in [3.05, 3.63) is 60.2 Å². The van der Waals surface area contributed by atoms with Crippen LogP contribution in [0.5, 0.6) is 0 Å². The third kappa shape index (κ3) is 4.10. The molecule has 2 aromatic carbocycles. The first kappa shape index (κ1) is 18.5. The highest BCUT2D eigenvalue weighted by molar-refractivity contribution is 7.99. The van der Waals surface area contributed by atoms with Crippen LogP contribution in [0.3, 0.4) is 0 Å². The van der Waals surface area contributed by atoms with Crippen LogP contribution in [-0.4, -0.2) is 21.2 Å². The fourth-order valence-corrected chi connectivity index (χ4v) is 4.00. The van der Waals surface area contributed by atoms with Crippen LogP contribution in [0.15, 0.2) is 59.8 Å². The van der Waals surface area contributed by atoms with Gasteiger partial charge in [-0.3, -0.25) is 4.79 Å². The zero-order valence-corrected chi connectivity index (χ0v) is 16.3. The number of benzene rings is 2. The minimum atomic E-state index is 0.0225. The number of thioether (sulfide) groups is 1. The number of carbonyl (C=O) groups excluding carboxylic acids is 1. The van der Waals surface area contributed by atoms with E-state index < -0.39 is 0 Å². The molecule has 1 unspecified atom stereocenters. The monoisotopic (exact) mass is 367 g/mol. The summed E-state index contributed by atoms with van der Waals surface area (Å²) in [5.41, 5.74) is 3.23. The Kier molecular flexibility index (Phi) is 5.99. The van der Waals surface area contributed by atoms with Crippen LogP contribution < -0.4 is 5.32 Å². The molecule has 0 saturated heterocycles. The Morgan fingerprint density at radius 1 is 1.12 bits per heavy atom. The van der Waals surface area contributed by atoms with Crippen LogP contribution >= 0.6 is 11.8 Å². The SMILES string of the molecule is CCn1c(SCC(=O)NC(c2ccccc2)C(C)C)nc2ccccc21. The van der Waals surface area contributed by atoms with Gasteiger partial charge in [-0.1, -0.05) is 68.1 Å². The molecule has 1 amide bonds. The lowest BCUT2D eigenvalue weighted by atomic mass is 9.96. The second-order valence-corrected chi connectivity index (χ2v) is 7.56. The highest BCUT2D eigenvalue weighted by atomic mass is 32.2. The predicted octanol–water partition coefficient (Wildman–Crippen LogP) is 4.66. The van der Waals surface area contributed by atoms with Gasteiger partial charge in [-0.2, -0.15) is 0 Å². The van der Waals surface area contributed by atoms with Gasteiger partial charge in [-0.25, -0.2) is 4.98 Å². The maximum atomic E-state index is 12.6. The van der Waals surface area contributed by atoms with Gasteiger partial charge in [0.25, 0.3) is 0 Å². The molecule has 0 aliphatic carbocycles. The molecule has 4 nitrogen and oxygen atoms in total. The first-order valence-electron chi connectivity index (χ1n) is 9.02. The van der Waals surface area contributed by atoms with E-state index in [1.807, 2.05) is 36.4 Å². The highest BCUT2D eigenvalue weighted by Crippen LogP contribution is 2.25. The molecular weight excluding hydrogens is 342 g/mol. The lowest BCUT2D eigenvalue weighted by molar-refractivity contribution is -0.119. The average Bonchev–Trinajstić information content (AvgIpc) is 3.02. The lowest BCUT2D eigenvalue weighted by Gasteiger charge is -2.22. The van der Waals surface area contributed by atoms with Gasteiger partial charge in [-0.15, -0.1) is 0 Å². The number of nitrogens with zero attached hydrogens (tertiary/aromatic N) is 2. The summed E-state index contributed by atoms with van der Waals surface area (Å²) >= 11 is 1.49. The molecule has 0 bridgehead atoms. The van der Waals surface area contributed by atoms with Gasteiger partial charge in [0, 0.05) is 6.54 Å². The molecule has 1 atom stereocenters.